The van der Waals surface area contributed by atoms with E-state index in [4.69, 9.17) is 22.1 Å². The summed E-state index contributed by atoms with van der Waals surface area (Å²) >= 11 is 5.93. The van der Waals surface area contributed by atoms with Gasteiger partial charge in [0.1, 0.15) is 18.2 Å². The molecule has 2 nitrogen and oxygen atoms in total. The third-order valence-corrected chi connectivity index (χ3v) is 3.30. The molecule has 0 aliphatic rings. The lowest BCUT2D eigenvalue weighted by molar-refractivity contribution is 0.299. The van der Waals surface area contributed by atoms with Gasteiger partial charge in [0, 0.05) is 17.1 Å². The topological polar surface area (TPSA) is 35.2 Å². The molecule has 0 radical (unpaired) electrons. The summed E-state index contributed by atoms with van der Waals surface area (Å²) < 4.78 is 19.3. The molecule has 2 N–H and O–H groups in total. The van der Waals surface area contributed by atoms with Crippen molar-refractivity contribution in [3.8, 4) is 5.75 Å². The van der Waals surface area contributed by atoms with E-state index in [2.05, 4.69) is 0 Å². The minimum Gasteiger partial charge on any atom is -0.489 e. The van der Waals surface area contributed by atoms with Crippen LogP contribution in [-0.4, -0.2) is 0 Å². The smallest absolute Gasteiger partial charge is 0.130 e. The van der Waals surface area contributed by atoms with E-state index in [9.17, 15) is 4.39 Å². The molecule has 2 rings (SSSR count). The molecule has 0 spiro atoms. The van der Waals surface area contributed by atoms with Gasteiger partial charge >= 0.3 is 0 Å². The van der Waals surface area contributed by atoms with Crippen molar-refractivity contribution in [1.29, 1.82) is 0 Å². The predicted octanol–water partition coefficient (Wildman–Crippen LogP) is 3.83. The first-order chi connectivity index (χ1) is 9.10. The third kappa shape index (κ3) is 3.46. The van der Waals surface area contributed by atoms with Gasteiger partial charge in [-0.1, -0.05) is 23.7 Å². The standard InChI is InChI=1S/C15H15ClFNO/c1-10-6-13(4-5-14(10)16)19-9-12-3-2-11(8-18)7-15(12)17/h2-7H,8-9,18H2,1H3. The Bertz CT molecular complexity index is 586. The van der Waals surface area contributed by atoms with E-state index in [-0.39, 0.29) is 12.4 Å². The lowest BCUT2D eigenvalue weighted by atomic mass is 10.1. The summed E-state index contributed by atoms with van der Waals surface area (Å²) in [6, 6.07) is 10.3. The summed E-state index contributed by atoms with van der Waals surface area (Å²) in [7, 11) is 0. The molecule has 0 unspecified atom stereocenters. The van der Waals surface area contributed by atoms with Crippen molar-refractivity contribution in [2.75, 3.05) is 0 Å². The van der Waals surface area contributed by atoms with Crippen LogP contribution in [0, 0.1) is 12.7 Å². The number of ether oxygens (including phenoxy) is 1. The van der Waals surface area contributed by atoms with Crippen LogP contribution in [-0.2, 0) is 13.2 Å². The molecule has 100 valence electrons. The average Bonchev–Trinajstić information content (AvgIpc) is 2.41. The molecule has 19 heavy (non-hydrogen) atoms. The third-order valence-electron chi connectivity index (χ3n) is 2.88. The summed E-state index contributed by atoms with van der Waals surface area (Å²) in [5.74, 6) is 0.373. The molecule has 2 aromatic carbocycles. The fourth-order valence-corrected chi connectivity index (χ4v) is 1.82. The van der Waals surface area contributed by atoms with Crippen molar-refractivity contribution in [3.05, 3.63) is 63.9 Å². The van der Waals surface area contributed by atoms with Crippen LogP contribution in [0.1, 0.15) is 16.7 Å². The largest absolute Gasteiger partial charge is 0.489 e. The number of rotatable bonds is 4. The normalized spacial score (nSPS) is 10.5. The van der Waals surface area contributed by atoms with Crippen LogP contribution < -0.4 is 10.5 Å². The maximum Gasteiger partial charge on any atom is 0.130 e. The minimum atomic E-state index is -0.298. The van der Waals surface area contributed by atoms with Gasteiger partial charge in [0.25, 0.3) is 0 Å². The van der Waals surface area contributed by atoms with E-state index in [1.165, 1.54) is 6.07 Å². The number of nitrogens with two attached hydrogens (primary N) is 1. The highest BCUT2D eigenvalue weighted by Gasteiger charge is 2.05. The van der Waals surface area contributed by atoms with Crippen LogP contribution >= 0.6 is 11.6 Å². The average molecular weight is 280 g/mol. The number of hydrogen-bond acceptors (Lipinski definition) is 2. The highest BCUT2D eigenvalue weighted by atomic mass is 35.5. The Morgan fingerprint density at radius 1 is 1.21 bits per heavy atom. The van der Waals surface area contributed by atoms with Crippen molar-refractivity contribution in [2.24, 2.45) is 5.73 Å². The van der Waals surface area contributed by atoms with Crippen molar-refractivity contribution in [3.63, 3.8) is 0 Å². The lowest BCUT2D eigenvalue weighted by Crippen LogP contribution is -2.02. The van der Waals surface area contributed by atoms with Gasteiger partial charge in [0.2, 0.25) is 0 Å². The molecule has 0 saturated carbocycles. The zero-order chi connectivity index (χ0) is 13.8. The molecule has 0 heterocycles. The van der Waals surface area contributed by atoms with Crippen LogP contribution in [0.3, 0.4) is 0 Å². The molecule has 0 aliphatic heterocycles. The Hall–Kier alpha value is -1.58. The lowest BCUT2D eigenvalue weighted by Gasteiger charge is -2.09. The van der Waals surface area contributed by atoms with Gasteiger partial charge in [0.15, 0.2) is 0 Å². The fourth-order valence-electron chi connectivity index (χ4n) is 1.70. The van der Waals surface area contributed by atoms with Crippen LogP contribution in [0.15, 0.2) is 36.4 Å². The summed E-state index contributed by atoms with van der Waals surface area (Å²) in [5.41, 5.74) is 7.65. The second-order valence-electron chi connectivity index (χ2n) is 4.33. The van der Waals surface area contributed by atoms with E-state index in [0.717, 1.165) is 11.1 Å². The van der Waals surface area contributed by atoms with Crippen LogP contribution in [0.25, 0.3) is 0 Å². The zero-order valence-electron chi connectivity index (χ0n) is 10.6. The molecule has 4 heteroatoms. The number of benzene rings is 2. The number of halogens is 2. The van der Waals surface area contributed by atoms with Gasteiger partial charge < -0.3 is 10.5 Å². The Labute approximate surface area is 117 Å². The van der Waals surface area contributed by atoms with Gasteiger partial charge in [-0.15, -0.1) is 0 Å². The molecule has 0 aliphatic carbocycles. The van der Waals surface area contributed by atoms with Crippen LogP contribution in [0.2, 0.25) is 5.02 Å². The van der Waals surface area contributed by atoms with E-state index >= 15 is 0 Å². The molecule has 0 saturated heterocycles. The highest BCUT2D eigenvalue weighted by Crippen LogP contribution is 2.22. The van der Waals surface area contributed by atoms with Crippen molar-refractivity contribution < 1.29 is 9.13 Å². The maximum atomic E-state index is 13.7. The monoisotopic (exact) mass is 279 g/mol. The summed E-state index contributed by atoms with van der Waals surface area (Å²) in [5, 5.41) is 0.686. The molecule has 0 atom stereocenters. The maximum absolute atomic E-state index is 13.7. The number of aryl methyl sites for hydroxylation is 1. The SMILES string of the molecule is Cc1cc(OCc2ccc(CN)cc2F)ccc1Cl. The quantitative estimate of drug-likeness (QED) is 0.923. The molecule has 0 aromatic heterocycles. The molecule has 0 bridgehead atoms. The van der Waals surface area contributed by atoms with E-state index in [1.54, 1.807) is 24.3 Å². The minimum absolute atomic E-state index is 0.178. The van der Waals surface area contributed by atoms with E-state index in [1.807, 2.05) is 13.0 Å². The summed E-state index contributed by atoms with van der Waals surface area (Å²) in [6.45, 7) is 2.40. The van der Waals surface area contributed by atoms with Gasteiger partial charge in [0.05, 0.1) is 0 Å². The van der Waals surface area contributed by atoms with Crippen LogP contribution in [0.5, 0.6) is 5.75 Å². The molecule has 2 aromatic rings. The Morgan fingerprint density at radius 3 is 2.63 bits per heavy atom. The second-order valence-corrected chi connectivity index (χ2v) is 4.74. The molecule has 0 fully saturated rings. The first-order valence-corrected chi connectivity index (χ1v) is 6.34. The van der Waals surface area contributed by atoms with E-state index in [0.29, 0.717) is 22.9 Å². The fraction of sp³-hybridized carbons (Fsp3) is 0.200. The Balaban J connectivity index is 2.07. The second kappa shape index (κ2) is 6.04. The molecular formula is C15H15ClFNO. The number of hydrogen-bond donors (Lipinski definition) is 1. The Kier molecular flexibility index (Phi) is 4.40. The van der Waals surface area contributed by atoms with Crippen molar-refractivity contribution >= 4 is 11.6 Å². The first kappa shape index (κ1) is 13.8. The predicted molar refractivity (Wildman–Crippen MR) is 74.8 cm³/mol. The molecule has 0 amide bonds. The summed E-state index contributed by atoms with van der Waals surface area (Å²) in [4.78, 5) is 0. The van der Waals surface area contributed by atoms with Crippen molar-refractivity contribution in [2.45, 2.75) is 20.1 Å². The van der Waals surface area contributed by atoms with Gasteiger partial charge in [-0.2, -0.15) is 0 Å². The Morgan fingerprint density at radius 2 is 2.00 bits per heavy atom. The van der Waals surface area contributed by atoms with Gasteiger partial charge in [-0.05, 0) is 42.3 Å². The van der Waals surface area contributed by atoms with Gasteiger partial charge in [-0.3, -0.25) is 0 Å². The van der Waals surface area contributed by atoms with Crippen LogP contribution in [0.4, 0.5) is 4.39 Å². The summed E-state index contributed by atoms with van der Waals surface area (Å²) in [6.07, 6.45) is 0. The first-order valence-electron chi connectivity index (χ1n) is 5.96. The van der Waals surface area contributed by atoms with Gasteiger partial charge in [-0.25, -0.2) is 4.39 Å². The zero-order valence-corrected chi connectivity index (χ0v) is 11.4. The van der Waals surface area contributed by atoms with Crippen molar-refractivity contribution in [1.82, 2.24) is 0 Å². The highest BCUT2D eigenvalue weighted by molar-refractivity contribution is 6.31. The molecular weight excluding hydrogens is 265 g/mol. The van der Waals surface area contributed by atoms with E-state index < -0.39 is 0 Å².